The van der Waals surface area contributed by atoms with Crippen LogP contribution in [-0.2, 0) is 0 Å². The monoisotopic (exact) mass is 314 g/mol. The molecule has 0 aliphatic carbocycles. The van der Waals surface area contributed by atoms with E-state index in [2.05, 4.69) is 9.98 Å². The maximum absolute atomic E-state index is 14.1. The predicted octanol–water partition coefficient (Wildman–Crippen LogP) is 4.15. The van der Waals surface area contributed by atoms with Crippen molar-refractivity contribution >= 4 is 34.9 Å². The fourth-order valence-electron chi connectivity index (χ4n) is 1.49. The van der Waals surface area contributed by atoms with Crippen LogP contribution in [0.3, 0.4) is 0 Å². The molecule has 0 aliphatic rings. The SMILES string of the molecule is COc1ccc(C(F)=Nc2c(Cl)cncc2Cl)cc1O. The molecule has 1 N–H and O–H groups in total. The normalized spacial score (nSPS) is 11.5. The Morgan fingerprint density at radius 1 is 1.30 bits per heavy atom. The van der Waals surface area contributed by atoms with Crippen LogP contribution in [0.4, 0.5) is 10.1 Å². The van der Waals surface area contributed by atoms with Crippen molar-refractivity contribution in [3.05, 3.63) is 46.2 Å². The van der Waals surface area contributed by atoms with Crippen molar-refractivity contribution in [2.75, 3.05) is 7.11 Å². The number of pyridine rings is 1. The van der Waals surface area contributed by atoms with Gasteiger partial charge in [0.15, 0.2) is 11.5 Å². The Balaban J connectivity index is 2.43. The second-order valence-corrected chi connectivity index (χ2v) is 4.56. The molecule has 0 bridgehead atoms. The predicted molar refractivity (Wildman–Crippen MR) is 76.2 cm³/mol. The lowest BCUT2D eigenvalue weighted by Crippen LogP contribution is -1.93. The maximum Gasteiger partial charge on any atom is 0.220 e. The quantitative estimate of drug-likeness (QED) is 0.866. The van der Waals surface area contributed by atoms with E-state index in [0.29, 0.717) is 0 Å². The first-order chi connectivity index (χ1) is 9.52. The van der Waals surface area contributed by atoms with E-state index in [1.54, 1.807) is 0 Å². The first kappa shape index (κ1) is 14.6. The van der Waals surface area contributed by atoms with E-state index in [1.165, 1.54) is 37.7 Å². The molecule has 0 spiro atoms. The van der Waals surface area contributed by atoms with Crippen molar-refractivity contribution < 1.29 is 14.2 Å². The van der Waals surface area contributed by atoms with Gasteiger partial charge in [-0.25, -0.2) is 4.99 Å². The van der Waals surface area contributed by atoms with Crippen LogP contribution in [0.2, 0.25) is 10.0 Å². The maximum atomic E-state index is 14.1. The first-order valence-electron chi connectivity index (χ1n) is 5.43. The lowest BCUT2D eigenvalue weighted by molar-refractivity contribution is 0.373. The molecular formula is C13H9Cl2FN2O2. The van der Waals surface area contributed by atoms with Crippen LogP contribution in [-0.4, -0.2) is 23.2 Å². The van der Waals surface area contributed by atoms with Crippen molar-refractivity contribution in [1.29, 1.82) is 0 Å². The zero-order valence-electron chi connectivity index (χ0n) is 10.3. The summed E-state index contributed by atoms with van der Waals surface area (Å²) in [4.78, 5) is 7.47. The van der Waals surface area contributed by atoms with Gasteiger partial charge in [-0.05, 0) is 18.2 Å². The highest BCUT2D eigenvalue weighted by molar-refractivity contribution is 6.38. The van der Waals surface area contributed by atoms with Crippen LogP contribution in [0.1, 0.15) is 5.56 Å². The number of aromatic nitrogens is 1. The number of aromatic hydroxyl groups is 1. The van der Waals surface area contributed by atoms with Gasteiger partial charge in [-0.2, -0.15) is 4.39 Å². The van der Waals surface area contributed by atoms with Crippen LogP contribution in [0.5, 0.6) is 11.5 Å². The molecule has 1 aromatic carbocycles. The molecule has 0 atom stereocenters. The molecule has 2 rings (SSSR count). The number of halogens is 3. The smallest absolute Gasteiger partial charge is 0.220 e. The van der Waals surface area contributed by atoms with Gasteiger partial charge in [0.05, 0.1) is 17.2 Å². The summed E-state index contributed by atoms with van der Waals surface area (Å²) in [7, 11) is 1.40. The largest absolute Gasteiger partial charge is 0.504 e. The van der Waals surface area contributed by atoms with Gasteiger partial charge in [-0.15, -0.1) is 0 Å². The van der Waals surface area contributed by atoms with Crippen molar-refractivity contribution in [2.45, 2.75) is 0 Å². The number of hydrogen-bond donors (Lipinski definition) is 1. The van der Waals surface area contributed by atoms with E-state index in [9.17, 15) is 9.50 Å². The molecule has 0 fully saturated rings. The highest BCUT2D eigenvalue weighted by Crippen LogP contribution is 2.33. The van der Waals surface area contributed by atoms with Gasteiger partial charge in [-0.1, -0.05) is 23.2 Å². The van der Waals surface area contributed by atoms with Gasteiger partial charge in [0.25, 0.3) is 0 Å². The number of rotatable bonds is 3. The number of methoxy groups -OCH3 is 1. The minimum atomic E-state index is -0.835. The van der Waals surface area contributed by atoms with Crippen LogP contribution in [0, 0.1) is 0 Å². The zero-order valence-corrected chi connectivity index (χ0v) is 11.8. The Hall–Kier alpha value is -1.85. The Bertz CT molecular complexity index is 657. The van der Waals surface area contributed by atoms with Crippen molar-refractivity contribution in [3.63, 3.8) is 0 Å². The van der Waals surface area contributed by atoms with E-state index in [4.69, 9.17) is 27.9 Å². The second kappa shape index (κ2) is 6.07. The van der Waals surface area contributed by atoms with Crippen LogP contribution < -0.4 is 4.74 Å². The third kappa shape index (κ3) is 3.00. The molecule has 0 radical (unpaired) electrons. The number of aliphatic imine (C=N–C) groups is 1. The Kier molecular flexibility index (Phi) is 4.42. The minimum Gasteiger partial charge on any atom is -0.504 e. The summed E-state index contributed by atoms with van der Waals surface area (Å²) in [5, 5.41) is 9.87. The van der Waals surface area contributed by atoms with Gasteiger partial charge in [-0.3, -0.25) is 4.98 Å². The van der Waals surface area contributed by atoms with Crippen LogP contribution >= 0.6 is 23.2 Å². The van der Waals surface area contributed by atoms with Gasteiger partial charge in [0.1, 0.15) is 5.69 Å². The Morgan fingerprint density at radius 2 is 1.95 bits per heavy atom. The van der Waals surface area contributed by atoms with Gasteiger partial charge < -0.3 is 9.84 Å². The van der Waals surface area contributed by atoms with Gasteiger partial charge in [0, 0.05) is 18.0 Å². The number of nitrogens with zero attached hydrogens (tertiary/aromatic N) is 2. The van der Waals surface area contributed by atoms with Crippen molar-refractivity contribution in [3.8, 4) is 11.5 Å². The Labute approximate surface area is 124 Å². The lowest BCUT2D eigenvalue weighted by atomic mass is 10.2. The number of phenols is 1. The molecule has 20 heavy (non-hydrogen) atoms. The summed E-state index contributed by atoms with van der Waals surface area (Å²) in [5.74, 6) is -0.790. The van der Waals surface area contributed by atoms with Crippen molar-refractivity contribution in [1.82, 2.24) is 4.98 Å². The molecule has 0 saturated heterocycles. The zero-order chi connectivity index (χ0) is 14.7. The van der Waals surface area contributed by atoms with Crippen LogP contribution in [0.25, 0.3) is 0 Å². The lowest BCUT2D eigenvalue weighted by Gasteiger charge is -2.05. The summed E-state index contributed by atoms with van der Waals surface area (Å²) in [6, 6.07) is 4.04. The molecule has 0 unspecified atom stereocenters. The third-order valence-corrected chi connectivity index (χ3v) is 3.01. The van der Waals surface area contributed by atoms with E-state index in [0.717, 1.165) is 0 Å². The first-order valence-corrected chi connectivity index (χ1v) is 6.19. The average molecular weight is 315 g/mol. The number of hydrogen-bond acceptors (Lipinski definition) is 4. The summed E-state index contributed by atoms with van der Waals surface area (Å²) < 4.78 is 18.9. The fraction of sp³-hybridized carbons (Fsp3) is 0.0769. The summed E-state index contributed by atoms with van der Waals surface area (Å²) in [5.41, 5.74) is 0.156. The number of ether oxygens (including phenoxy) is 1. The molecule has 0 saturated carbocycles. The standard InChI is InChI=1S/C13H9Cl2FN2O2/c1-20-11-3-2-7(4-10(11)19)13(16)18-12-8(14)5-17-6-9(12)15/h2-6,19H,1H3. The fourth-order valence-corrected chi connectivity index (χ4v) is 1.94. The molecule has 4 nitrogen and oxygen atoms in total. The molecule has 7 heteroatoms. The summed E-state index contributed by atoms with van der Waals surface area (Å²) >= 11 is 11.7. The van der Waals surface area contributed by atoms with Gasteiger partial charge >= 0.3 is 0 Å². The average Bonchev–Trinajstić information content (AvgIpc) is 2.42. The molecule has 0 amide bonds. The highest BCUT2D eigenvalue weighted by atomic mass is 35.5. The van der Waals surface area contributed by atoms with E-state index in [-0.39, 0.29) is 32.8 Å². The molecule has 1 aromatic heterocycles. The highest BCUT2D eigenvalue weighted by Gasteiger charge is 2.11. The molecular weight excluding hydrogens is 306 g/mol. The molecule has 104 valence electrons. The van der Waals surface area contributed by atoms with Crippen LogP contribution in [0.15, 0.2) is 35.6 Å². The van der Waals surface area contributed by atoms with E-state index >= 15 is 0 Å². The minimum absolute atomic E-state index is 0.0762. The number of phenolic OH excluding ortho intramolecular Hbond substituents is 1. The van der Waals surface area contributed by atoms with E-state index in [1.807, 2.05) is 0 Å². The Morgan fingerprint density at radius 3 is 2.50 bits per heavy atom. The summed E-state index contributed by atoms with van der Waals surface area (Å²) in [6.45, 7) is 0. The second-order valence-electron chi connectivity index (χ2n) is 3.74. The molecule has 2 aromatic rings. The summed E-state index contributed by atoms with van der Waals surface area (Å²) in [6.07, 6.45) is 2.62. The van der Waals surface area contributed by atoms with E-state index < -0.39 is 5.97 Å². The topological polar surface area (TPSA) is 54.7 Å². The molecule has 1 heterocycles. The van der Waals surface area contributed by atoms with Gasteiger partial charge in [0.2, 0.25) is 5.97 Å². The third-order valence-electron chi connectivity index (χ3n) is 2.46. The molecule has 0 aliphatic heterocycles. The van der Waals surface area contributed by atoms with Crippen molar-refractivity contribution in [2.24, 2.45) is 4.99 Å². The number of benzene rings is 1.